The number of allylic oxidation sites excluding steroid dienone is 1. The fourth-order valence-corrected chi connectivity index (χ4v) is 8.14. The molecule has 0 aromatic carbocycles. The van der Waals surface area contributed by atoms with Crippen LogP contribution in [0.2, 0.25) is 0 Å². The molecule has 0 saturated heterocycles. The van der Waals surface area contributed by atoms with E-state index in [2.05, 4.69) is 12.2 Å². The van der Waals surface area contributed by atoms with Gasteiger partial charge in [-0.15, -0.1) is 0 Å². The van der Waals surface area contributed by atoms with Gasteiger partial charge < -0.3 is 24.6 Å². The molecule has 3 saturated carbocycles. The quantitative estimate of drug-likeness (QED) is 0.324. The van der Waals surface area contributed by atoms with Gasteiger partial charge >= 0.3 is 5.97 Å². The van der Waals surface area contributed by atoms with Gasteiger partial charge in [-0.3, -0.25) is 19.2 Å². The van der Waals surface area contributed by atoms with E-state index in [9.17, 15) is 24.3 Å². The second kappa shape index (κ2) is 11.2. The zero-order chi connectivity index (χ0) is 27.7. The lowest BCUT2D eigenvalue weighted by atomic mass is 9.46. The molecule has 2 N–H and O–H groups in total. The van der Waals surface area contributed by atoms with Crippen LogP contribution < -0.4 is 5.32 Å². The van der Waals surface area contributed by atoms with E-state index in [0.29, 0.717) is 24.7 Å². The summed E-state index contributed by atoms with van der Waals surface area (Å²) in [5.41, 5.74) is -0.784. The first-order chi connectivity index (χ1) is 18.0. The Morgan fingerprint density at radius 2 is 1.74 bits per heavy atom. The van der Waals surface area contributed by atoms with Crippen LogP contribution in [0.5, 0.6) is 0 Å². The van der Waals surface area contributed by atoms with Gasteiger partial charge in [-0.25, -0.2) is 0 Å². The minimum absolute atomic E-state index is 0.0265. The highest BCUT2D eigenvalue weighted by Gasteiger charge is 2.66. The van der Waals surface area contributed by atoms with Gasteiger partial charge in [0, 0.05) is 32.5 Å². The number of fused-ring (bicyclic) bond motifs is 5. The molecule has 0 aromatic heterocycles. The second-order valence-electron chi connectivity index (χ2n) is 12.1. The number of ketones is 2. The molecular formula is C29H43NO8. The van der Waals surface area contributed by atoms with Crippen molar-refractivity contribution in [1.82, 2.24) is 5.32 Å². The predicted molar refractivity (Wildman–Crippen MR) is 138 cm³/mol. The summed E-state index contributed by atoms with van der Waals surface area (Å²) in [5.74, 6) is -0.141. The number of carbonyl (C=O) groups is 4. The molecule has 6 atom stereocenters. The van der Waals surface area contributed by atoms with Gasteiger partial charge in [0.05, 0.1) is 13.0 Å². The average molecular weight is 534 g/mol. The van der Waals surface area contributed by atoms with Crippen LogP contribution in [0.25, 0.3) is 0 Å². The molecule has 9 nitrogen and oxygen atoms in total. The number of carbonyl (C=O) groups excluding carboxylic acids is 4. The van der Waals surface area contributed by atoms with Crippen molar-refractivity contribution in [2.75, 3.05) is 27.4 Å². The summed E-state index contributed by atoms with van der Waals surface area (Å²) in [7, 11) is 2.92. The number of esters is 1. The van der Waals surface area contributed by atoms with E-state index in [1.165, 1.54) is 19.8 Å². The van der Waals surface area contributed by atoms with Crippen molar-refractivity contribution in [2.24, 2.45) is 28.6 Å². The number of nitrogens with one attached hydrogen (secondary N) is 1. The molecule has 0 radical (unpaired) electrons. The molecular weight excluding hydrogens is 490 g/mol. The van der Waals surface area contributed by atoms with Gasteiger partial charge in [0.15, 0.2) is 18.7 Å². The fourth-order valence-electron chi connectivity index (χ4n) is 8.14. The lowest BCUT2D eigenvalue weighted by Crippen LogP contribution is -2.58. The van der Waals surface area contributed by atoms with Gasteiger partial charge in [0.25, 0.3) is 0 Å². The number of aliphatic hydroxyl groups is 1. The molecule has 38 heavy (non-hydrogen) atoms. The van der Waals surface area contributed by atoms with Crippen LogP contribution in [0.4, 0.5) is 0 Å². The Hall–Kier alpha value is -2.10. The molecule has 4 aliphatic rings. The average Bonchev–Trinajstić information content (AvgIpc) is 3.18. The van der Waals surface area contributed by atoms with Crippen LogP contribution in [-0.4, -0.2) is 67.8 Å². The first kappa shape index (κ1) is 28.9. The zero-order valence-electron chi connectivity index (χ0n) is 23.2. The van der Waals surface area contributed by atoms with Gasteiger partial charge in [-0.2, -0.15) is 0 Å². The van der Waals surface area contributed by atoms with Crippen LogP contribution in [-0.2, 0) is 33.4 Å². The maximum atomic E-state index is 13.3. The zero-order valence-corrected chi connectivity index (χ0v) is 23.2. The van der Waals surface area contributed by atoms with Crippen molar-refractivity contribution in [1.29, 1.82) is 0 Å². The third-order valence-electron chi connectivity index (χ3n) is 10.5. The Labute approximate surface area is 225 Å². The van der Waals surface area contributed by atoms with E-state index in [-0.39, 0.29) is 42.4 Å². The number of amides is 1. The molecule has 6 unspecified atom stereocenters. The number of Topliss-reactive ketones (excluding diaryl/α,β-unsaturated/α-hetero) is 1. The summed E-state index contributed by atoms with van der Waals surface area (Å²) in [6.07, 6.45) is 7.23. The van der Waals surface area contributed by atoms with Crippen molar-refractivity contribution in [3.8, 4) is 0 Å². The minimum Gasteiger partial charge on any atom is -0.458 e. The Morgan fingerprint density at radius 1 is 1.03 bits per heavy atom. The molecule has 0 aromatic rings. The summed E-state index contributed by atoms with van der Waals surface area (Å²) in [4.78, 5) is 49.6. The number of methoxy groups -OCH3 is 2. The molecule has 3 fully saturated rings. The summed E-state index contributed by atoms with van der Waals surface area (Å²) in [6.45, 7) is 4.01. The molecule has 0 bridgehead atoms. The summed E-state index contributed by atoms with van der Waals surface area (Å²) in [5, 5.41) is 14.4. The summed E-state index contributed by atoms with van der Waals surface area (Å²) < 4.78 is 15.2. The molecule has 0 heterocycles. The summed E-state index contributed by atoms with van der Waals surface area (Å²) in [6, 6.07) is 0. The highest BCUT2D eigenvalue weighted by molar-refractivity contribution is 5.92. The monoisotopic (exact) mass is 533 g/mol. The van der Waals surface area contributed by atoms with Crippen molar-refractivity contribution in [3.63, 3.8) is 0 Å². The number of rotatable bonds is 10. The predicted octanol–water partition coefficient (Wildman–Crippen LogP) is 2.88. The van der Waals surface area contributed by atoms with E-state index in [1.807, 2.05) is 13.0 Å². The van der Waals surface area contributed by atoms with Crippen LogP contribution in [0.3, 0.4) is 0 Å². The van der Waals surface area contributed by atoms with Crippen LogP contribution in [0.1, 0.15) is 78.1 Å². The Bertz CT molecular complexity index is 989. The van der Waals surface area contributed by atoms with Crippen LogP contribution >= 0.6 is 0 Å². The molecule has 1 amide bonds. The highest BCUT2D eigenvalue weighted by atomic mass is 16.7. The number of ether oxygens (including phenoxy) is 3. The molecule has 4 aliphatic carbocycles. The Morgan fingerprint density at radius 3 is 2.45 bits per heavy atom. The maximum absolute atomic E-state index is 13.3. The first-order valence-corrected chi connectivity index (χ1v) is 14.0. The molecule has 0 aliphatic heterocycles. The van der Waals surface area contributed by atoms with Crippen molar-refractivity contribution < 1.29 is 38.5 Å². The molecule has 4 rings (SSSR count). The topological polar surface area (TPSA) is 128 Å². The standard InChI is InChI=1S/C29H43NO8/c1-27-12-9-19(31)15-18(27)5-6-20-21(27)10-13-28(2)22(20)11-14-29(28,35)23(32)17-38-25(34)8-7-24(33)30-16-26(36-3)37-4/h15,20-22,26,35H,5-14,16-17H2,1-4H3,(H,30,33). The first-order valence-electron chi connectivity index (χ1n) is 14.0. The van der Waals surface area contributed by atoms with Crippen molar-refractivity contribution in [2.45, 2.75) is 89.9 Å². The van der Waals surface area contributed by atoms with E-state index < -0.39 is 35.7 Å². The Balaban J connectivity index is 1.33. The number of hydrogen-bond donors (Lipinski definition) is 2. The van der Waals surface area contributed by atoms with Crippen molar-refractivity contribution >= 4 is 23.4 Å². The third-order valence-corrected chi connectivity index (χ3v) is 10.5. The lowest BCUT2D eigenvalue weighted by molar-refractivity contribution is -0.170. The van der Waals surface area contributed by atoms with Gasteiger partial charge in [0.1, 0.15) is 5.60 Å². The van der Waals surface area contributed by atoms with Gasteiger partial charge in [0.2, 0.25) is 11.7 Å². The van der Waals surface area contributed by atoms with E-state index >= 15 is 0 Å². The van der Waals surface area contributed by atoms with E-state index in [4.69, 9.17) is 14.2 Å². The highest BCUT2D eigenvalue weighted by Crippen LogP contribution is 2.67. The van der Waals surface area contributed by atoms with Crippen LogP contribution in [0, 0.1) is 28.6 Å². The van der Waals surface area contributed by atoms with Crippen molar-refractivity contribution in [3.05, 3.63) is 11.6 Å². The SMILES string of the molecule is COC(CNC(=O)CCC(=O)OCC(=O)C1(O)CCC2C3CCC4=CC(=O)CCC4(C)C3CCC21C)OC. The number of hydrogen-bond acceptors (Lipinski definition) is 8. The maximum Gasteiger partial charge on any atom is 0.306 e. The van der Waals surface area contributed by atoms with Crippen LogP contribution in [0.15, 0.2) is 11.6 Å². The van der Waals surface area contributed by atoms with E-state index in [0.717, 1.165) is 38.5 Å². The normalized spacial score (nSPS) is 36.1. The molecule has 9 heteroatoms. The third kappa shape index (κ3) is 5.09. The fraction of sp³-hybridized carbons (Fsp3) is 0.793. The largest absolute Gasteiger partial charge is 0.458 e. The van der Waals surface area contributed by atoms with E-state index in [1.54, 1.807) is 0 Å². The minimum atomic E-state index is -1.53. The summed E-state index contributed by atoms with van der Waals surface area (Å²) >= 11 is 0. The second-order valence-corrected chi connectivity index (χ2v) is 12.1. The molecule has 0 spiro atoms. The lowest BCUT2D eigenvalue weighted by Gasteiger charge is -2.58. The van der Waals surface area contributed by atoms with Gasteiger partial charge in [-0.05, 0) is 74.2 Å². The molecule has 212 valence electrons. The Kier molecular flexibility index (Phi) is 8.50. The van der Waals surface area contributed by atoms with Gasteiger partial charge in [-0.1, -0.05) is 19.4 Å². The smallest absolute Gasteiger partial charge is 0.306 e.